The number of amides is 3. The number of alkyl carbamates (subject to hydrolysis) is 1. The van der Waals surface area contributed by atoms with Crippen molar-refractivity contribution in [3.05, 3.63) is 35.4 Å². The molecule has 1 aromatic carbocycles. The summed E-state index contributed by atoms with van der Waals surface area (Å²) in [6.07, 6.45) is -0.791. The number of ether oxygens (including phenoxy) is 1. The zero-order valence-corrected chi connectivity index (χ0v) is 9.73. The van der Waals surface area contributed by atoms with Gasteiger partial charge in [-0.05, 0) is 19.1 Å². The Labute approximate surface area is 103 Å². The van der Waals surface area contributed by atoms with Gasteiger partial charge in [0.25, 0.3) is 11.8 Å². The number of nitrogens with one attached hydrogen (secondary N) is 2. The second kappa shape index (κ2) is 4.87. The van der Waals surface area contributed by atoms with Crippen LogP contribution in [-0.2, 0) is 9.53 Å². The van der Waals surface area contributed by atoms with Gasteiger partial charge >= 0.3 is 6.09 Å². The number of rotatable bonds is 2. The maximum absolute atomic E-state index is 11.9. The van der Waals surface area contributed by atoms with Gasteiger partial charge in [0, 0.05) is 5.56 Å². The zero-order valence-electron chi connectivity index (χ0n) is 9.73. The number of carbonyl (C=O) groups excluding carboxylic acids is 3. The fourth-order valence-electron chi connectivity index (χ4n) is 1.59. The van der Waals surface area contributed by atoms with Gasteiger partial charge in [-0.2, -0.15) is 0 Å². The van der Waals surface area contributed by atoms with Gasteiger partial charge in [-0.3, -0.25) is 14.9 Å². The number of carbonyl (C=O) groups is 3. The van der Waals surface area contributed by atoms with Crippen molar-refractivity contribution in [1.82, 2.24) is 10.6 Å². The van der Waals surface area contributed by atoms with Gasteiger partial charge in [-0.25, -0.2) is 4.79 Å². The summed E-state index contributed by atoms with van der Waals surface area (Å²) in [6, 6.07) is 6.13. The Morgan fingerprint density at radius 3 is 2.89 bits per heavy atom. The molecule has 0 aromatic heterocycles. The maximum atomic E-state index is 11.9. The molecule has 2 rings (SSSR count). The van der Waals surface area contributed by atoms with Crippen molar-refractivity contribution in [2.24, 2.45) is 0 Å². The minimum atomic E-state index is -0.851. The van der Waals surface area contributed by atoms with Gasteiger partial charge in [0.1, 0.15) is 12.6 Å². The first-order valence-electron chi connectivity index (χ1n) is 5.41. The number of hydrogen-bond acceptors (Lipinski definition) is 4. The molecule has 1 heterocycles. The number of aryl methyl sites for hydroxylation is 1. The zero-order chi connectivity index (χ0) is 13.1. The fraction of sp³-hybridized carbons (Fsp3) is 0.250. The third kappa shape index (κ3) is 2.65. The van der Waals surface area contributed by atoms with Crippen molar-refractivity contribution in [3.63, 3.8) is 0 Å². The topological polar surface area (TPSA) is 84.5 Å². The SMILES string of the molecule is Cc1cccc(C(=O)NC2COC(=O)NC2=O)c1. The van der Waals surface area contributed by atoms with Crippen molar-refractivity contribution < 1.29 is 19.1 Å². The van der Waals surface area contributed by atoms with E-state index in [-0.39, 0.29) is 12.5 Å². The monoisotopic (exact) mass is 248 g/mol. The van der Waals surface area contributed by atoms with E-state index < -0.39 is 18.0 Å². The van der Waals surface area contributed by atoms with Crippen molar-refractivity contribution in [2.75, 3.05) is 6.61 Å². The molecule has 0 spiro atoms. The first-order valence-corrected chi connectivity index (χ1v) is 5.41. The van der Waals surface area contributed by atoms with Gasteiger partial charge < -0.3 is 10.1 Å². The number of hydrogen-bond donors (Lipinski definition) is 2. The highest BCUT2D eigenvalue weighted by molar-refractivity contribution is 6.01. The standard InChI is InChI=1S/C12H12N2O4/c1-7-3-2-4-8(5-7)10(15)13-9-6-18-12(17)14-11(9)16/h2-5,9H,6H2,1H3,(H,13,15)(H,14,16,17). The lowest BCUT2D eigenvalue weighted by molar-refractivity contribution is -0.125. The molecular formula is C12H12N2O4. The van der Waals surface area contributed by atoms with Gasteiger partial charge in [-0.1, -0.05) is 17.7 Å². The largest absolute Gasteiger partial charge is 0.446 e. The molecule has 18 heavy (non-hydrogen) atoms. The molecule has 1 atom stereocenters. The van der Waals surface area contributed by atoms with E-state index in [1.807, 2.05) is 18.3 Å². The van der Waals surface area contributed by atoms with E-state index in [4.69, 9.17) is 0 Å². The molecule has 6 nitrogen and oxygen atoms in total. The van der Waals surface area contributed by atoms with Crippen LogP contribution >= 0.6 is 0 Å². The van der Waals surface area contributed by atoms with Crippen molar-refractivity contribution in [3.8, 4) is 0 Å². The molecular weight excluding hydrogens is 236 g/mol. The predicted molar refractivity (Wildman–Crippen MR) is 61.9 cm³/mol. The molecule has 1 fully saturated rings. The third-order valence-electron chi connectivity index (χ3n) is 2.51. The molecule has 0 saturated carbocycles. The Hall–Kier alpha value is -2.37. The summed E-state index contributed by atoms with van der Waals surface area (Å²) in [7, 11) is 0. The lowest BCUT2D eigenvalue weighted by Crippen LogP contribution is -2.55. The van der Waals surface area contributed by atoms with Crippen LogP contribution in [0.2, 0.25) is 0 Å². The molecule has 3 amide bonds. The van der Waals surface area contributed by atoms with Crippen LogP contribution < -0.4 is 10.6 Å². The van der Waals surface area contributed by atoms with E-state index in [1.54, 1.807) is 18.2 Å². The minimum Gasteiger partial charge on any atom is -0.446 e. The lowest BCUT2D eigenvalue weighted by Gasteiger charge is -2.22. The molecule has 0 aliphatic carbocycles. The molecule has 94 valence electrons. The van der Waals surface area contributed by atoms with E-state index in [1.165, 1.54) is 0 Å². The van der Waals surface area contributed by atoms with Crippen LogP contribution in [0.15, 0.2) is 24.3 Å². The lowest BCUT2D eigenvalue weighted by atomic mass is 10.1. The average molecular weight is 248 g/mol. The smallest absolute Gasteiger partial charge is 0.413 e. The minimum absolute atomic E-state index is 0.151. The molecule has 0 bridgehead atoms. The van der Waals surface area contributed by atoms with Gasteiger partial charge in [0.05, 0.1) is 0 Å². The van der Waals surface area contributed by atoms with Crippen LogP contribution in [0, 0.1) is 6.92 Å². The molecule has 2 N–H and O–H groups in total. The summed E-state index contributed by atoms with van der Waals surface area (Å²) in [5, 5.41) is 4.49. The molecule has 6 heteroatoms. The summed E-state index contributed by atoms with van der Waals surface area (Å²) < 4.78 is 4.64. The molecule has 1 aromatic rings. The van der Waals surface area contributed by atoms with E-state index >= 15 is 0 Å². The van der Waals surface area contributed by atoms with E-state index in [2.05, 4.69) is 10.1 Å². The Kier molecular flexibility index (Phi) is 3.27. The van der Waals surface area contributed by atoms with Crippen molar-refractivity contribution >= 4 is 17.9 Å². The van der Waals surface area contributed by atoms with E-state index in [0.29, 0.717) is 5.56 Å². The molecule has 1 saturated heterocycles. The normalized spacial score (nSPS) is 18.8. The van der Waals surface area contributed by atoms with E-state index in [0.717, 1.165) is 5.56 Å². The summed E-state index contributed by atoms with van der Waals surface area (Å²) in [4.78, 5) is 34.0. The van der Waals surface area contributed by atoms with E-state index in [9.17, 15) is 14.4 Å². The number of benzene rings is 1. The quantitative estimate of drug-likeness (QED) is 0.791. The Bertz CT molecular complexity index is 513. The highest BCUT2D eigenvalue weighted by atomic mass is 16.6. The maximum Gasteiger partial charge on any atom is 0.413 e. The second-order valence-electron chi connectivity index (χ2n) is 3.98. The summed E-state index contributed by atoms with van der Waals surface area (Å²) >= 11 is 0. The predicted octanol–water partition coefficient (Wildman–Crippen LogP) is 0.360. The third-order valence-corrected chi connectivity index (χ3v) is 2.51. The highest BCUT2D eigenvalue weighted by Crippen LogP contribution is 2.05. The van der Waals surface area contributed by atoms with Crippen molar-refractivity contribution in [2.45, 2.75) is 13.0 Å². The van der Waals surface area contributed by atoms with Gasteiger partial charge in [0.15, 0.2) is 0 Å². The molecule has 1 unspecified atom stereocenters. The van der Waals surface area contributed by atoms with Crippen LogP contribution in [0.5, 0.6) is 0 Å². The molecule has 1 aliphatic rings. The van der Waals surface area contributed by atoms with Crippen LogP contribution in [0.25, 0.3) is 0 Å². The summed E-state index contributed by atoms with van der Waals surface area (Å²) in [5.74, 6) is -0.941. The number of imide groups is 1. The van der Waals surface area contributed by atoms with Crippen LogP contribution in [0.3, 0.4) is 0 Å². The van der Waals surface area contributed by atoms with Crippen LogP contribution in [0.4, 0.5) is 4.79 Å². The average Bonchev–Trinajstić information content (AvgIpc) is 2.32. The van der Waals surface area contributed by atoms with Crippen LogP contribution in [-0.4, -0.2) is 30.6 Å². The van der Waals surface area contributed by atoms with Crippen LogP contribution in [0.1, 0.15) is 15.9 Å². The summed E-state index contributed by atoms with van der Waals surface area (Å²) in [5.41, 5.74) is 1.40. The first-order chi connectivity index (χ1) is 8.56. The Morgan fingerprint density at radius 1 is 1.44 bits per heavy atom. The van der Waals surface area contributed by atoms with Gasteiger partial charge in [-0.15, -0.1) is 0 Å². The fourth-order valence-corrected chi connectivity index (χ4v) is 1.59. The highest BCUT2D eigenvalue weighted by Gasteiger charge is 2.29. The molecule has 1 aliphatic heterocycles. The molecule has 0 radical (unpaired) electrons. The van der Waals surface area contributed by atoms with Gasteiger partial charge in [0.2, 0.25) is 0 Å². The second-order valence-corrected chi connectivity index (χ2v) is 3.98. The van der Waals surface area contributed by atoms with Crippen molar-refractivity contribution in [1.29, 1.82) is 0 Å². The Balaban J connectivity index is 2.03. The number of cyclic esters (lactones) is 1. The summed E-state index contributed by atoms with van der Waals surface area (Å²) in [6.45, 7) is 1.72. The Morgan fingerprint density at radius 2 is 2.22 bits per heavy atom. The first kappa shape index (κ1) is 12.1.